The van der Waals surface area contributed by atoms with Gasteiger partial charge in [0.25, 0.3) is 5.69 Å². The number of nitriles is 1. The van der Waals surface area contributed by atoms with E-state index in [1.54, 1.807) is 19.1 Å². The van der Waals surface area contributed by atoms with Crippen molar-refractivity contribution in [1.29, 1.82) is 5.26 Å². The summed E-state index contributed by atoms with van der Waals surface area (Å²) in [6.07, 6.45) is 0. The lowest BCUT2D eigenvalue weighted by Crippen LogP contribution is -2.27. The average molecular weight is 502 g/mol. The molecule has 1 atom stereocenters. The van der Waals surface area contributed by atoms with Gasteiger partial charge in [-0.1, -0.05) is 47.1 Å². The van der Waals surface area contributed by atoms with Gasteiger partial charge in [0.05, 0.1) is 43.3 Å². The molecule has 0 bridgehead atoms. The van der Waals surface area contributed by atoms with Gasteiger partial charge in [0.2, 0.25) is 0 Å². The van der Waals surface area contributed by atoms with Crippen molar-refractivity contribution < 1.29 is 14.5 Å². The summed E-state index contributed by atoms with van der Waals surface area (Å²) in [5.74, 6) is -1.29. The first-order chi connectivity index (χ1) is 15.6. The maximum atomic E-state index is 12.7. The molecule has 1 aliphatic heterocycles. The van der Waals surface area contributed by atoms with Crippen LogP contribution >= 0.6 is 35.0 Å². The number of hydrogen-bond acceptors (Lipinski definition) is 7. The number of hydrogen-bond donors (Lipinski definition) is 1. The number of non-ortho nitro benzene ring substituents is 1. The van der Waals surface area contributed by atoms with Crippen LogP contribution in [0.15, 0.2) is 64.3 Å². The first-order valence-electron chi connectivity index (χ1n) is 9.62. The molecule has 1 N–H and O–H groups in total. The Balaban J connectivity index is 1.99. The first kappa shape index (κ1) is 24.5. The van der Waals surface area contributed by atoms with Crippen LogP contribution < -0.4 is 5.32 Å². The molecule has 0 saturated carbocycles. The summed E-state index contributed by atoms with van der Waals surface area (Å²) < 4.78 is 0. The van der Waals surface area contributed by atoms with Crippen LogP contribution in [0, 0.1) is 21.4 Å². The predicted octanol–water partition coefficient (Wildman–Crippen LogP) is 5.80. The molecular formula is C23H17Cl2N3O4S. The number of nitrogens with one attached hydrogen (secondary N) is 1. The van der Waals surface area contributed by atoms with Gasteiger partial charge in [-0.15, -0.1) is 0 Å². The second-order valence-electron chi connectivity index (χ2n) is 7.20. The van der Waals surface area contributed by atoms with E-state index in [0.717, 1.165) is 11.8 Å². The number of nitro groups is 1. The van der Waals surface area contributed by atoms with E-state index in [0.29, 0.717) is 32.4 Å². The van der Waals surface area contributed by atoms with Crippen molar-refractivity contribution in [2.24, 2.45) is 0 Å². The number of carbonyl (C=O) groups excluding carboxylic acids is 2. The second-order valence-corrected chi connectivity index (χ2v) is 9.00. The first-order valence-corrected chi connectivity index (χ1v) is 11.4. The lowest BCUT2D eigenvalue weighted by atomic mass is 9.81. The molecular weight excluding hydrogens is 485 g/mol. The molecule has 0 spiro atoms. The Morgan fingerprint density at radius 1 is 1.21 bits per heavy atom. The zero-order valence-corrected chi connectivity index (χ0v) is 19.8. The highest BCUT2D eigenvalue weighted by molar-refractivity contribution is 8.03. The summed E-state index contributed by atoms with van der Waals surface area (Å²) in [6.45, 7) is 3.07. The van der Waals surface area contributed by atoms with E-state index in [1.807, 2.05) is 0 Å². The Kier molecular flexibility index (Phi) is 7.59. The average Bonchev–Trinajstić information content (AvgIpc) is 2.78. The summed E-state index contributed by atoms with van der Waals surface area (Å²) in [7, 11) is 0. The number of carbonyl (C=O) groups is 2. The van der Waals surface area contributed by atoms with E-state index in [9.17, 15) is 25.0 Å². The molecule has 3 rings (SSSR count). The highest BCUT2D eigenvalue weighted by Crippen LogP contribution is 2.41. The second kappa shape index (κ2) is 10.2. The lowest BCUT2D eigenvalue weighted by Gasteiger charge is -2.29. The highest BCUT2D eigenvalue weighted by atomic mass is 35.5. The summed E-state index contributed by atoms with van der Waals surface area (Å²) in [5.41, 5.74) is 1.74. The van der Waals surface area contributed by atoms with Crippen LogP contribution in [0.5, 0.6) is 0 Å². The van der Waals surface area contributed by atoms with Gasteiger partial charge in [-0.25, -0.2) is 0 Å². The monoisotopic (exact) mass is 501 g/mol. The molecule has 2 aromatic rings. The van der Waals surface area contributed by atoms with Gasteiger partial charge in [0.1, 0.15) is 0 Å². The van der Waals surface area contributed by atoms with E-state index in [2.05, 4.69) is 11.4 Å². The molecule has 33 heavy (non-hydrogen) atoms. The van der Waals surface area contributed by atoms with E-state index >= 15 is 0 Å². The Morgan fingerprint density at radius 3 is 2.55 bits per heavy atom. The lowest BCUT2D eigenvalue weighted by molar-refractivity contribution is -0.384. The maximum Gasteiger partial charge on any atom is 0.269 e. The number of halogens is 2. The van der Waals surface area contributed by atoms with Gasteiger partial charge < -0.3 is 5.32 Å². The number of benzene rings is 2. The van der Waals surface area contributed by atoms with E-state index in [-0.39, 0.29) is 33.6 Å². The van der Waals surface area contributed by atoms with Crippen LogP contribution in [0.2, 0.25) is 10.0 Å². The van der Waals surface area contributed by atoms with Crippen molar-refractivity contribution in [2.45, 2.75) is 19.8 Å². The number of rotatable bonds is 7. The minimum absolute atomic E-state index is 0.00415. The zero-order chi connectivity index (χ0) is 24.3. The van der Waals surface area contributed by atoms with Crippen molar-refractivity contribution >= 4 is 52.2 Å². The van der Waals surface area contributed by atoms with E-state index < -0.39 is 10.8 Å². The summed E-state index contributed by atoms with van der Waals surface area (Å²) in [5, 5.41) is 25.3. The molecule has 7 nitrogen and oxygen atoms in total. The summed E-state index contributed by atoms with van der Waals surface area (Å²) in [4.78, 5) is 35.9. The highest BCUT2D eigenvalue weighted by Gasteiger charge is 2.34. The fraction of sp³-hybridized carbons (Fsp3) is 0.174. The molecule has 0 saturated heterocycles. The van der Waals surface area contributed by atoms with E-state index in [1.165, 1.54) is 37.3 Å². The van der Waals surface area contributed by atoms with Crippen LogP contribution in [0.1, 0.15) is 35.7 Å². The van der Waals surface area contributed by atoms with Crippen molar-refractivity contribution in [1.82, 2.24) is 5.32 Å². The van der Waals surface area contributed by atoms with Crippen molar-refractivity contribution in [3.05, 3.63) is 95.6 Å². The maximum absolute atomic E-state index is 12.7. The van der Waals surface area contributed by atoms with Crippen LogP contribution in [-0.2, 0) is 4.79 Å². The van der Waals surface area contributed by atoms with Gasteiger partial charge >= 0.3 is 0 Å². The molecule has 1 aliphatic rings. The minimum Gasteiger partial charge on any atom is -0.353 e. The number of nitrogens with zero attached hydrogens (tertiary/aromatic N) is 2. The third kappa shape index (κ3) is 5.28. The normalized spacial score (nSPS) is 15.7. The zero-order valence-electron chi connectivity index (χ0n) is 17.5. The van der Waals surface area contributed by atoms with Crippen LogP contribution in [-0.4, -0.2) is 22.2 Å². The van der Waals surface area contributed by atoms with Crippen molar-refractivity contribution in [3.63, 3.8) is 0 Å². The topological polar surface area (TPSA) is 113 Å². The molecule has 0 radical (unpaired) electrons. The number of Topliss-reactive ketones (excluding diaryl/α,β-unsaturated/α-hetero) is 2. The van der Waals surface area contributed by atoms with Crippen molar-refractivity contribution in [3.8, 4) is 6.07 Å². The summed E-state index contributed by atoms with van der Waals surface area (Å²) >= 11 is 13.0. The summed E-state index contributed by atoms with van der Waals surface area (Å²) in [6, 6.07) is 12.6. The van der Waals surface area contributed by atoms with Gasteiger partial charge in [0.15, 0.2) is 11.6 Å². The fourth-order valence-electron chi connectivity index (χ4n) is 3.54. The van der Waals surface area contributed by atoms with E-state index in [4.69, 9.17) is 23.2 Å². The third-order valence-electron chi connectivity index (χ3n) is 5.03. The van der Waals surface area contributed by atoms with Gasteiger partial charge in [0, 0.05) is 29.0 Å². The quantitative estimate of drug-likeness (QED) is 0.289. The molecule has 10 heteroatoms. The molecule has 168 valence electrons. The Morgan fingerprint density at radius 2 is 1.94 bits per heavy atom. The molecule has 0 aromatic heterocycles. The number of dihydropyridines is 1. The van der Waals surface area contributed by atoms with Crippen molar-refractivity contribution in [2.75, 3.05) is 5.75 Å². The van der Waals surface area contributed by atoms with Gasteiger partial charge in [-0.05, 0) is 37.6 Å². The predicted molar refractivity (Wildman–Crippen MR) is 128 cm³/mol. The Hall–Kier alpha value is -3.12. The van der Waals surface area contributed by atoms with Crippen LogP contribution in [0.3, 0.4) is 0 Å². The minimum atomic E-state index is -0.795. The molecule has 0 aliphatic carbocycles. The Labute approximate surface area is 204 Å². The number of thioether (sulfide) groups is 1. The standard InChI is InChI=1S/C23H17Cl2N3O4S/c1-12-21(13(2)29)22(15-4-3-5-16(8-15)28(31)32)17(10-26)23(27-12)33-11-20(30)14-6-7-18(24)19(25)9-14/h3-9,22,27H,11H2,1-2H3. The smallest absolute Gasteiger partial charge is 0.269 e. The molecule has 0 amide bonds. The largest absolute Gasteiger partial charge is 0.353 e. The molecule has 1 unspecified atom stereocenters. The third-order valence-corrected chi connectivity index (χ3v) is 6.79. The molecule has 1 heterocycles. The molecule has 0 fully saturated rings. The van der Waals surface area contributed by atoms with Gasteiger partial charge in [-0.2, -0.15) is 5.26 Å². The number of nitro benzene ring substituents is 1. The number of ketones is 2. The SMILES string of the molecule is CC(=O)C1=C(C)NC(SCC(=O)c2ccc(Cl)c(Cl)c2)=C(C#N)C1c1cccc([N+](=O)[O-])c1. The van der Waals surface area contributed by atoms with Gasteiger partial charge in [-0.3, -0.25) is 19.7 Å². The van der Waals surface area contributed by atoms with Crippen LogP contribution in [0.25, 0.3) is 0 Å². The molecule has 2 aromatic carbocycles. The van der Waals surface area contributed by atoms with Crippen LogP contribution in [0.4, 0.5) is 5.69 Å². The Bertz CT molecular complexity index is 1280. The number of allylic oxidation sites excluding steroid dienone is 3. The fourth-order valence-corrected chi connectivity index (χ4v) is 4.82.